The molecule has 1 N–H and O–H groups in total. The molecule has 0 atom stereocenters. The predicted molar refractivity (Wildman–Crippen MR) is 65.8 cm³/mol. The van der Waals surface area contributed by atoms with E-state index in [0.29, 0.717) is 12.8 Å². The Morgan fingerprint density at radius 2 is 2.19 bits per heavy atom. The minimum absolute atomic E-state index is 0.0308. The Hall–Kier alpha value is -0.580. The molecule has 0 aromatic carbocycles. The van der Waals surface area contributed by atoms with Crippen molar-refractivity contribution >= 4 is 21.7 Å². The Labute approximate surface area is 101 Å². The number of allylic oxidation sites excluding steroid dienone is 4. The molecule has 90 valence electrons. The quantitative estimate of drug-likeness (QED) is 0.790. The highest BCUT2D eigenvalue weighted by Crippen LogP contribution is 2.29. The van der Waals surface area contributed by atoms with Crippen molar-refractivity contribution in [2.24, 2.45) is 0 Å². The van der Waals surface area contributed by atoms with Crippen molar-refractivity contribution in [3.8, 4) is 0 Å². The maximum atomic E-state index is 11.1. The molecule has 0 bridgehead atoms. The lowest BCUT2D eigenvalue weighted by Crippen LogP contribution is -2.07. The molecule has 0 saturated carbocycles. The van der Waals surface area contributed by atoms with E-state index < -0.39 is 10.1 Å². The third-order valence-corrected chi connectivity index (χ3v) is 3.73. The summed E-state index contributed by atoms with van der Waals surface area (Å²) in [6, 6.07) is 0. The second-order valence-electron chi connectivity index (χ2n) is 3.74. The van der Waals surface area contributed by atoms with Gasteiger partial charge in [0.1, 0.15) is 0 Å². The highest BCUT2D eigenvalue weighted by atomic mass is 35.5. The van der Waals surface area contributed by atoms with Crippen molar-refractivity contribution in [2.45, 2.75) is 32.6 Å². The van der Waals surface area contributed by atoms with Crippen LogP contribution in [0.25, 0.3) is 0 Å². The Kier molecular flexibility index (Phi) is 4.77. The van der Waals surface area contributed by atoms with Crippen molar-refractivity contribution in [1.82, 2.24) is 0 Å². The Morgan fingerprint density at radius 3 is 2.69 bits per heavy atom. The van der Waals surface area contributed by atoms with Crippen molar-refractivity contribution in [3.05, 3.63) is 33.7 Å². The van der Waals surface area contributed by atoms with E-state index in [2.05, 4.69) is 0 Å². The minimum Gasteiger partial charge on any atom is -0.282 e. The van der Waals surface area contributed by atoms with Crippen LogP contribution in [0.5, 0.6) is 0 Å². The molecule has 1 rings (SSSR count). The highest BCUT2D eigenvalue weighted by molar-refractivity contribution is 7.90. The molecule has 0 amide bonds. The third kappa shape index (κ3) is 3.47. The summed E-state index contributed by atoms with van der Waals surface area (Å²) in [6.45, 7) is 2.03. The number of rotatable bonds is 4. The van der Waals surface area contributed by atoms with Crippen LogP contribution in [0.15, 0.2) is 33.7 Å². The van der Waals surface area contributed by atoms with Gasteiger partial charge in [0, 0.05) is 5.54 Å². The van der Waals surface area contributed by atoms with Crippen LogP contribution >= 0.6 is 11.6 Å². The second-order valence-corrected chi connectivity index (χ2v) is 5.35. The summed E-state index contributed by atoms with van der Waals surface area (Å²) in [5, 5.41) is 0. The molecule has 0 unspecified atom stereocenters. The van der Waals surface area contributed by atoms with Gasteiger partial charge >= 0.3 is 0 Å². The van der Waals surface area contributed by atoms with Crippen molar-refractivity contribution in [2.75, 3.05) is 0 Å². The standard InChI is InChI=1S/C11H15ClO3S/c1-2-3-4-10-7-9(8-12)5-6-11(10)16(13,14)15/h5-6,8H,2-4,7H2,1H3,(H,13,14,15). The van der Waals surface area contributed by atoms with E-state index in [4.69, 9.17) is 16.2 Å². The lowest BCUT2D eigenvalue weighted by molar-refractivity contribution is 0.491. The van der Waals surface area contributed by atoms with Gasteiger partial charge in [-0.25, -0.2) is 0 Å². The number of unbranched alkanes of at least 4 members (excludes halogenated alkanes) is 1. The molecular formula is C11H15ClO3S. The molecule has 0 aromatic heterocycles. The van der Waals surface area contributed by atoms with Crippen LogP contribution in [0.4, 0.5) is 0 Å². The zero-order valence-corrected chi connectivity index (χ0v) is 10.7. The summed E-state index contributed by atoms with van der Waals surface area (Å²) < 4.78 is 31.4. The summed E-state index contributed by atoms with van der Waals surface area (Å²) in [4.78, 5) is 0.0308. The first-order valence-electron chi connectivity index (χ1n) is 5.16. The fourth-order valence-electron chi connectivity index (χ4n) is 1.64. The first-order chi connectivity index (χ1) is 7.49. The van der Waals surface area contributed by atoms with Gasteiger partial charge in [-0.05, 0) is 36.5 Å². The smallest absolute Gasteiger partial charge is 0.282 e. The zero-order chi connectivity index (χ0) is 12.2. The number of hydrogen-bond donors (Lipinski definition) is 1. The Balaban J connectivity index is 3.06. The fourth-order valence-corrected chi connectivity index (χ4v) is 2.57. The van der Waals surface area contributed by atoms with Gasteiger partial charge in [-0.1, -0.05) is 31.0 Å². The van der Waals surface area contributed by atoms with E-state index in [0.717, 1.165) is 24.0 Å². The summed E-state index contributed by atoms with van der Waals surface area (Å²) in [7, 11) is -4.11. The molecule has 0 fully saturated rings. The Morgan fingerprint density at radius 1 is 1.50 bits per heavy atom. The van der Waals surface area contributed by atoms with Crippen LogP contribution in [0, 0.1) is 0 Å². The number of halogens is 1. The molecule has 0 heterocycles. The number of hydrogen-bond acceptors (Lipinski definition) is 2. The van der Waals surface area contributed by atoms with E-state index in [-0.39, 0.29) is 4.91 Å². The zero-order valence-electron chi connectivity index (χ0n) is 9.11. The van der Waals surface area contributed by atoms with Crippen LogP contribution in [-0.2, 0) is 10.1 Å². The lowest BCUT2D eigenvalue weighted by atomic mass is 9.97. The van der Waals surface area contributed by atoms with Crippen molar-refractivity contribution in [1.29, 1.82) is 0 Å². The first-order valence-corrected chi connectivity index (χ1v) is 7.03. The SMILES string of the molecule is CCCCC1=C(S(=O)(=O)O)C=CC(=CCl)C1. The molecule has 0 aromatic rings. The monoisotopic (exact) mass is 262 g/mol. The van der Waals surface area contributed by atoms with Crippen LogP contribution in [0.3, 0.4) is 0 Å². The van der Waals surface area contributed by atoms with Gasteiger partial charge < -0.3 is 0 Å². The van der Waals surface area contributed by atoms with E-state index in [1.165, 1.54) is 11.6 Å². The van der Waals surface area contributed by atoms with Crippen LogP contribution in [-0.4, -0.2) is 13.0 Å². The molecule has 0 saturated heterocycles. The molecule has 16 heavy (non-hydrogen) atoms. The Bertz CT molecular complexity index is 444. The van der Waals surface area contributed by atoms with Gasteiger partial charge in [-0.2, -0.15) is 8.42 Å². The minimum atomic E-state index is -4.11. The molecule has 1 aliphatic carbocycles. The highest BCUT2D eigenvalue weighted by Gasteiger charge is 2.20. The van der Waals surface area contributed by atoms with Gasteiger partial charge in [0.25, 0.3) is 10.1 Å². The van der Waals surface area contributed by atoms with E-state index >= 15 is 0 Å². The maximum absolute atomic E-state index is 11.1. The van der Waals surface area contributed by atoms with Gasteiger partial charge in [-0.15, -0.1) is 0 Å². The van der Waals surface area contributed by atoms with Crippen molar-refractivity contribution in [3.63, 3.8) is 0 Å². The summed E-state index contributed by atoms with van der Waals surface area (Å²) in [6.07, 6.45) is 6.08. The topological polar surface area (TPSA) is 54.4 Å². The molecule has 5 heteroatoms. The molecular weight excluding hydrogens is 248 g/mol. The van der Waals surface area contributed by atoms with E-state index in [1.54, 1.807) is 6.08 Å². The molecule has 1 aliphatic rings. The van der Waals surface area contributed by atoms with Gasteiger partial charge in [0.2, 0.25) is 0 Å². The van der Waals surface area contributed by atoms with Crippen LogP contribution in [0.2, 0.25) is 0 Å². The largest absolute Gasteiger partial charge is 0.294 e. The lowest BCUT2D eigenvalue weighted by Gasteiger charge is -2.15. The van der Waals surface area contributed by atoms with Crippen LogP contribution in [0.1, 0.15) is 32.6 Å². The van der Waals surface area contributed by atoms with Gasteiger partial charge in [0.15, 0.2) is 0 Å². The second kappa shape index (κ2) is 5.66. The van der Waals surface area contributed by atoms with E-state index in [9.17, 15) is 8.42 Å². The summed E-state index contributed by atoms with van der Waals surface area (Å²) in [5.41, 5.74) is 3.03. The normalized spacial score (nSPS) is 19.6. The van der Waals surface area contributed by atoms with E-state index in [1.807, 2.05) is 6.92 Å². The molecule has 0 aliphatic heterocycles. The molecule has 0 spiro atoms. The first kappa shape index (κ1) is 13.5. The maximum Gasteiger partial charge on any atom is 0.294 e. The van der Waals surface area contributed by atoms with Crippen LogP contribution < -0.4 is 0 Å². The average Bonchev–Trinajstić information content (AvgIpc) is 2.24. The fraction of sp³-hybridized carbons (Fsp3) is 0.455. The third-order valence-electron chi connectivity index (χ3n) is 2.46. The van der Waals surface area contributed by atoms with Gasteiger partial charge in [0.05, 0.1) is 4.91 Å². The predicted octanol–water partition coefficient (Wildman–Crippen LogP) is 3.40. The summed E-state index contributed by atoms with van der Waals surface area (Å²) in [5.74, 6) is 0. The molecule has 3 nitrogen and oxygen atoms in total. The summed E-state index contributed by atoms with van der Waals surface area (Å²) >= 11 is 5.59. The van der Waals surface area contributed by atoms with Crippen molar-refractivity contribution < 1.29 is 13.0 Å². The van der Waals surface area contributed by atoms with Gasteiger partial charge in [-0.3, -0.25) is 4.55 Å². The average molecular weight is 263 g/mol. The molecule has 0 radical (unpaired) electrons.